The molecule has 1 aliphatic rings. The van der Waals surface area contributed by atoms with Crippen molar-refractivity contribution in [3.05, 3.63) is 17.8 Å². The third-order valence-corrected chi connectivity index (χ3v) is 2.98. The minimum Gasteiger partial charge on any atom is -0.361 e. The first-order chi connectivity index (χ1) is 8.58. The van der Waals surface area contributed by atoms with Crippen LogP contribution in [0.25, 0.3) is 0 Å². The van der Waals surface area contributed by atoms with Gasteiger partial charge < -0.3 is 15.1 Å². The summed E-state index contributed by atoms with van der Waals surface area (Å²) in [5.41, 5.74) is 0.412. The van der Waals surface area contributed by atoms with E-state index in [-0.39, 0.29) is 5.91 Å². The Morgan fingerprint density at radius 1 is 1.44 bits per heavy atom. The van der Waals surface area contributed by atoms with Crippen LogP contribution in [-0.2, 0) is 0 Å². The van der Waals surface area contributed by atoms with Crippen LogP contribution < -0.4 is 10.2 Å². The fraction of sp³-hybridized carbons (Fsp3) is 0.583. The fourth-order valence-electron chi connectivity index (χ4n) is 1.96. The number of nitrogens with one attached hydrogen (secondary N) is 1. The minimum atomic E-state index is -0.0406. The molecule has 0 saturated carbocycles. The van der Waals surface area contributed by atoms with E-state index in [0.29, 0.717) is 11.7 Å². The molecule has 2 heterocycles. The smallest absolute Gasteiger partial charge is 0.274 e. The maximum absolute atomic E-state index is 12.2. The molecule has 0 spiro atoms. The molecular formula is C12H19N5O. The Morgan fingerprint density at radius 2 is 2.22 bits per heavy atom. The van der Waals surface area contributed by atoms with Gasteiger partial charge in [0, 0.05) is 39.8 Å². The summed E-state index contributed by atoms with van der Waals surface area (Å²) in [6, 6.07) is 3.88. The van der Waals surface area contributed by atoms with Crippen LogP contribution >= 0.6 is 0 Å². The molecule has 1 amide bonds. The van der Waals surface area contributed by atoms with Crippen LogP contribution in [0, 0.1) is 0 Å². The van der Waals surface area contributed by atoms with E-state index < -0.39 is 0 Å². The van der Waals surface area contributed by atoms with Gasteiger partial charge in [0.25, 0.3) is 5.91 Å². The molecule has 0 radical (unpaired) electrons. The number of anilines is 1. The fourth-order valence-corrected chi connectivity index (χ4v) is 1.96. The third-order valence-electron chi connectivity index (χ3n) is 2.98. The first-order valence-corrected chi connectivity index (χ1v) is 6.11. The predicted molar refractivity (Wildman–Crippen MR) is 69.7 cm³/mol. The van der Waals surface area contributed by atoms with E-state index in [1.165, 1.54) is 0 Å². The van der Waals surface area contributed by atoms with Gasteiger partial charge >= 0.3 is 0 Å². The Morgan fingerprint density at radius 3 is 2.78 bits per heavy atom. The first-order valence-electron chi connectivity index (χ1n) is 6.11. The van der Waals surface area contributed by atoms with Gasteiger partial charge in [0.15, 0.2) is 11.5 Å². The quantitative estimate of drug-likeness (QED) is 0.798. The highest BCUT2D eigenvalue weighted by molar-refractivity contribution is 5.92. The molecule has 0 aliphatic carbocycles. The van der Waals surface area contributed by atoms with Gasteiger partial charge in [0.05, 0.1) is 0 Å². The van der Waals surface area contributed by atoms with Crippen LogP contribution in [0.4, 0.5) is 5.82 Å². The van der Waals surface area contributed by atoms with Crippen molar-refractivity contribution in [3.8, 4) is 0 Å². The lowest BCUT2D eigenvalue weighted by molar-refractivity contribution is 0.0702. The molecule has 1 aromatic rings. The van der Waals surface area contributed by atoms with Crippen LogP contribution in [0.3, 0.4) is 0 Å². The lowest BCUT2D eigenvalue weighted by atomic mass is 10.2. The number of nitrogens with zero attached hydrogens (tertiary/aromatic N) is 4. The van der Waals surface area contributed by atoms with Gasteiger partial charge in [-0.05, 0) is 19.1 Å². The van der Waals surface area contributed by atoms with Crippen molar-refractivity contribution in [2.24, 2.45) is 0 Å². The molecule has 98 valence electrons. The second-order valence-electron chi connectivity index (χ2n) is 4.78. The zero-order valence-electron chi connectivity index (χ0n) is 11.1. The summed E-state index contributed by atoms with van der Waals surface area (Å²) >= 11 is 0. The van der Waals surface area contributed by atoms with Crippen LogP contribution in [0.5, 0.6) is 0 Å². The van der Waals surface area contributed by atoms with Gasteiger partial charge in [-0.15, -0.1) is 10.2 Å². The van der Waals surface area contributed by atoms with Crippen molar-refractivity contribution in [2.45, 2.75) is 13.0 Å². The topological polar surface area (TPSA) is 61.4 Å². The molecule has 18 heavy (non-hydrogen) atoms. The zero-order valence-corrected chi connectivity index (χ0v) is 11.1. The van der Waals surface area contributed by atoms with Crippen molar-refractivity contribution >= 4 is 11.7 Å². The summed E-state index contributed by atoms with van der Waals surface area (Å²) in [6.07, 6.45) is 0. The summed E-state index contributed by atoms with van der Waals surface area (Å²) in [4.78, 5) is 15.9. The normalized spacial score (nSPS) is 19.7. The van der Waals surface area contributed by atoms with Gasteiger partial charge in [-0.25, -0.2) is 0 Å². The van der Waals surface area contributed by atoms with E-state index in [2.05, 4.69) is 22.4 Å². The average molecular weight is 249 g/mol. The Balaban J connectivity index is 2.08. The molecule has 0 bridgehead atoms. The number of rotatable bonds is 2. The van der Waals surface area contributed by atoms with Crippen LogP contribution in [0.2, 0.25) is 0 Å². The molecule has 1 atom stereocenters. The Labute approximate surface area is 107 Å². The number of hydrogen-bond acceptors (Lipinski definition) is 5. The van der Waals surface area contributed by atoms with Gasteiger partial charge in [-0.1, -0.05) is 0 Å². The zero-order chi connectivity index (χ0) is 13.1. The van der Waals surface area contributed by atoms with E-state index in [4.69, 9.17) is 0 Å². The van der Waals surface area contributed by atoms with Crippen molar-refractivity contribution in [1.82, 2.24) is 20.4 Å². The van der Waals surface area contributed by atoms with Gasteiger partial charge in [-0.3, -0.25) is 4.79 Å². The highest BCUT2D eigenvalue weighted by atomic mass is 16.2. The van der Waals surface area contributed by atoms with E-state index in [1.807, 2.05) is 30.0 Å². The van der Waals surface area contributed by atoms with Crippen molar-refractivity contribution in [3.63, 3.8) is 0 Å². The van der Waals surface area contributed by atoms with E-state index in [1.54, 1.807) is 6.07 Å². The lowest BCUT2D eigenvalue weighted by Crippen LogP contribution is -2.51. The largest absolute Gasteiger partial charge is 0.361 e. The SMILES string of the molecule is C[C@@H]1CN(C(=O)c2ccc(N(C)C)nn2)CCN1. The van der Waals surface area contributed by atoms with Crippen molar-refractivity contribution in [1.29, 1.82) is 0 Å². The first kappa shape index (κ1) is 12.8. The molecular weight excluding hydrogens is 230 g/mol. The molecule has 1 aromatic heterocycles. The average Bonchev–Trinajstić information content (AvgIpc) is 2.38. The van der Waals surface area contributed by atoms with E-state index >= 15 is 0 Å². The Kier molecular flexibility index (Phi) is 3.76. The van der Waals surface area contributed by atoms with E-state index in [0.717, 1.165) is 25.5 Å². The summed E-state index contributed by atoms with van der Waals surface area (Å²) < 4.78 is 0. The van der Waals surface area contributed by atoms with Crippen LogP contribution in [0.1, 0.15) is 17.4 Å². The minimum absolute atomic E-state index is 0.0406. The second-order valence-corrected chi connectivity index (χ2v) is 4.78. The molecule has 6 nitrogen and oxygen atoms in total. The van der Waals surface area contributed by atoms with Crippen LogP contribution in [-0.4, -0.2) is 60.8 Å². The van der Waals surface area contributed by atoms with Gasteiger partial charge in [0.2, 0.25) is 0 Å². The number of amides is 1. The maximum Gasteiger partial charge on any atom is 0.274 e. The number of aromatic nitrogens is 2. The highest BCUT2D eigenvalue weighted by Crippen LogP contribution is 2.09. The number of carbonyl (C=O) groups excluding carboxylic acids is 1. The molecule has 1 N–H and O–H groups in total. The monoisotopic (exact) mass is 249 g/mol. The summed E-state index contributed by atoms with van der Waals surface area (Å²) in [5.74, 6) is 0.710. The molecule has 1 saturated heterocycles. The second kappa shape index (κ2) is 5.30. The predicted octanol–water partition coefficient (Wildman–Crippen LogP) is -0.0235. The molecule has 1 aliphatic heterocycles. The molecule has 0 aromatic carbocycles. The number of carbonyl (C=O) groups is 1. The molecule has 1 fully saturated rings. The van der Waals surface area contributed by atoms with Gasteiger partial charge in [0.1, 0.15) is 0 Å². The lowest BCUT2D eigenvalue weighted by Gasteiger charge is -2.31. The third kappa shape index (κ3) is 2.76. The van der Waals surface area contributed by atoms with Crippen molar-refractivity contribution < 1.29 is 4.79 Å². The number of piperazine rings is 1. The summed E-state index contributed by atoms with van der Waals surface area (Å²) in [5, 5.41) is 11.3. The van der Waals surface area contributed by atoms with Crippen molar-refractivity contribution in [2.75, 3.05) is 38.6 Å². The summed E-state index contributed by atoms with van der Waals surface area (Å²) in [6.45, 7) is 4.34. The van der Waals surface area contributed by atoms with Gasteiger partial charge in [-0.2, -0.15) is 0 Å². The highest BCUT2D eigenvalue weighted by Gasteiger charge is 2.22. The molecule has 2 rings (SSSR count). The molecule has 0 unspecified atom stereocenters. The standard InChI is InChI=1S/C12H19N5O/c1-9-8-17(7-6-13-9)12(18)10-4-5-11(15-14-10)16(2)3/h4-5,9,13H,6-8H2,1-3H3/t9-/m1/s1. The van der Waals surface area contributed by atoms with Crippen LogP contribution in [0.15, 0.2) is 12.1 Å². The maximum atomic E-state index is 12.2. The van der Waals surface area contributed by atoms with E-state index in [9.17, 15) is 4.79 Å². The Bertz CT molecular complexity index is 417. The Hall–Kier alpha value is -1.69. The molecule has 6 heteroatoms. The number of hydrogen-bond donors (Lipinski definition) is 1. The summed E-state index contributed by atoms with van der Waals surface area (Å²) in [7, 11) is 3.78.